The molecule has 0 aliphatic heterocycles. The predicted octanol–water partition coefficient (Wildman–Crippen LogP) is 4.99. The first kappa shape index (κ1) is 16.1. The molecule has 1 aliphatic rings. The van der Waals surface area contributed by atoms with Gasteiger partial charge in [-0.25, -0.2) is 0 Å². The Morgan fingerprint density at radius 1 is 1.20 bits per heavy atom. The second-order valence-electron chi connectivity index (χ2n) is 5.49. The van der Waals surface area contributed by atoms with E-state index in [0.717, 1.165) is 24.9 Å². The molecule has 112 valence electrons. The summed E-state index contributed by atoms with van der Waals surface area (Å²) in [4.78, 5) is 0. The van der Waals surface area contributed by atoms with Crippen molar-refractivity contribution in [3.63, 3.8) is 0 Å². The summed E-state index contributed by atoms with van der Waals surface area (Å²) in [6.45, 7) is 3.02. The topological polar surface area (TPSA) is 21.3 Å². The van der Waals surface area contributed by atoms with Crippen LogP contribution in [0.4, 0.5) is 0 Å². The Labute approximate surface area is 131 Å². The molecule has 0 aromatic heterocycles. The van der Waals surface area contributed by atoms with Gasteiger partial charge in [0, 0.05) is 7.11 Å². The van der Waals surface area contributed by atoms with Crippen LogP contribution >= 0.6 is 23.2 Å². The Morgan fingerprint density at radius 3 is 2.45 bits per heavy atom. The Hall–Kier alpha value is -0.280. The van der Waals surface area contributed by atoms with Gasteiger partial charge >= 0.3 is 0 Å². The standard InChI is InChI=1S/C16H23Cl2NO/c1-3-19-15(12-7-8-13(17)14(18)11-12)16(20-2)9-5-4-6-10-16/h7-8,11,15,19H,3-6,9-10H2,1-2H3. The molecule has 0 heterocycles. The van der Waals surface area contributed by atoms with Crippen LogP contribution in [0.1, 0.15) is 50.6 Å². The average molecular weight is 316 g/mol. The fraction of sp³-hybridized carbons (Fsp3) is 0.625. The Kier molecular flexibility index (Phi) is 5.74. The summed E-state index contributed by atoms with van der Waals surface area (Å²) < 4.78 is 5.98. The number of hydrogen-bond donors (Lipinski definition) is 1. The molecule has 20 heavy (non-hydrogen) atoms. The molecule has 1 atom stereocenters. The fourth-order valence-corrected chi connectivity index (χ4v) is 3.57. The largest absolute Gasteiger partial charge is 0.376 e. The second kappa shape index (κ2) is 7.13. The van der Waals surface area contributed by atoms with Gasteiger partial charge in [-0.3, -0.25) is 0 Å². The van der Waals surface area contributed by atoms with Crippen LogP contribution in [0.15, 0.2) is 18.2 Å². The van der Waals surface area contributed by atoms with Crippen LogP contribution in [0.2, 0.25) is 10.0 Å². The van der Waals surface area contributed by atoms with Gasteiger partial charge in [-0.05, 0) is 37.1 Å². The van der Waals surface area contributed by atoms with Crippen LogP contribution in [0, 0.1) is 0 Å². The molecule has 0 spiro atoms. The van der Waals surface area contributed by atoms with E-state index in [1.54, 1.807) is 0 Å². The maximum atomic E-state index is 6.19. The van der Waals surface area contributed by atoms with Gasteiger partial charge in [0.1, 0.15) is 0 Å². The van der Waals surface area contributed by atoms with Crippen molar-refractivity contribution >= 4 is 23.2 Å². The maximum Gasteiger partial charge on any atom is 0.0872 e. The molecule has 0 bridgehead atoms. The van der Waals surface area contributed by atoms with E-state index in [9.17, 15) is 0 Å². The molecule has 1 N–H and O–H groups in total. The van der Waals surface area contributed by atoms with Gasteiger partial charge in [-0.15, -0.1) is 0 Å². The molecular weight excluding hydrogens is 293 g/mol. The summed E-state index contributed by atoms with van der Waals surface area (Å²) in [6.07, 6.45) is 5.91. The highest BCUT2D eigenvalue weighted by atomic mass is 35.5. The van der Waals surface area contributed by atoms with Crippen LogP contribution in [-0.2, 0) is 4.74 Å². The molecule has 1 fully saturated rings. The Bertz CT molecular complexity index is 444. The SMILES string of the molecule is CCNC(c1ccc(Cl)c(Cl)c1)C1(OC)CCCCC1. The van der Waals surface area contributed by atoms with E-state index in [2.05, 4.69) is 18.3 Å². The van der Waals surface area contributed by atoms with Crippen LogP contribution in [0.25, 0.3) is 0 Å². The highest BCUT2D eigenvalue weighted by molar-refractivity contribution is 6.42. The molecule has 0 radical (unpaired) electrons. The highest BCUT2D eigenvalue weighted by Crippen LogP contribution is 2.42. The quantitative estimate of drug-likeness (QED) is 0.826. The lowest BCUT2D eigenvalue weighted by molar-refractivity contribution is -0.0684. The van der Waals surface area contributed by atoms with Crippen molar-refractivity contribution in [2.45, 2.75) is 50.7 Å². The monoisotopic (exact) mass is 315 g/mol. The number of likely N-dealkylation sites (N-methyl/N-ethyl adjacent to an activating group) is 1. The number of hydrogen-bond acceptors (Lipinski definition) is 2. The van der Waals surface area contributed by atoms with E-state index < -0.39 is 0 Å². The van der Waals surface area contributed by atoms with Gasteiger partial charge in [-0.1, -0.05) is 55.5 Å². The lowest BCUT2D eigenvalue weighted by Crippen LogP contribution is -2.47. The van der Waals surface area contributed by atoms with Gasteiger partial charge in [0.15, 0.2) is 0 Å². The Morgan fingerprint density at radius 2 is 1.90 bits per heavy atom. The van der Waals surface area contributed by atoms with Gasteiger partial charge in [0.05, 0.1) is 21.7 Å². The molecule has 0 saturated heterocycles. The fourth-order valence-electron chi connectivity index (χ4n) is 3.26. The van der Waals surface area contributed by atoms with Crippen LogP contribution in [0.3, 0.4) is 0 Å². The lowest BCUT2D eigenvalue weighted by atomic mass is 9.76. The predicted molar refractivity (Wildman–Crippen MR) is 85.7 cm³/mol. The van der Waals surface area contributed by atoms with Gasteiger partial charge in [-0.2, -0.15) is 0 Å². The molecule has 1 aliphatic carbocycles. The third-order valence-electron chi connectivity index (χ3n) is 4.32. The Balaban J connectivity index is 2.35. The molecule has 2 nitrogen and oxygen atoms in total. The minimum Gasteiger partial charge on any atom is -0.376 e. The van der Waals surface area contributed by atoms with Crippen molar-refractivity contribution < 1.29 is 4.74 Å². The molecule has 4 heteroatoms. The van der Waals surface area contributed by atoms with Crippen molar-refractivity contribution in [3.8, 4) is 0 Å². The number of halogens is 2. The second-order valence-corrected chi connectivity index (χ2v) is 6.31. The number of nitrogens with one attached hydrogen (secondary N) is 1. The van der Waals surface area contributed by atoms with E-state index in [0.29, 0.717) is 10.0 Å². The van der Waals surface area contributed by atoms with Crippen LogP contribution in [-0.4, -0.2) is 19.3 Å². The molecule has 1 unspecified atom stereocenters. The third kappa shape index (κ3) is 3.30. The normalized spacial score (nSPS) is 19.8. The first-order valence-corrected chi connectivity index (χ1v) is 8.12. The lowest BCUT2D eigenvalue weighted by Gasteiger charge is -2.43. The first-order chi connectivity index (χ1) is 9.63. The molecule has 1 aromatic rings. The zero-order valence-electron chi connectivity index (χ0n) is 12.2. The summed E-state index contributed by atoms with van der Waals surface area (Å²) in [5.74, 6) is 0. The molecule has 1 saturated carbocycles. The third-order valence-corrected chi connectivity index (χ3v) is 5.06. The zero-order valence-corrected chi connectivity index (χ0v) is 13.7. The highest BCUT2D eigenvalue weighted by Gasteiger charge is 2.40. The smallest absolute Gasteiger partial charge is 0.0872 e. The van der Waals surface area contributed by atoms with Gasteiger partial charge < -0.3 is 10.1 Å². The maximum absolute atomic E-state index is 6.19. The molecule has 2 rings (SSSR count). The van der Waals surface area contributed by atoms with E-state index >= 15 is 0 Å². The van der Waals surface area contributed by atoms with Crippen LogP contribution in [0.5, 0.6) is 0 Å². The minimum atomic E-state index is -0.134. The minimum absolute atomic E-state index is 0.134. The number of rotatable bonds is 5. The summed E-state index contributed by atoms with van der Waals surface area (Å²) in [6, 6.07) is 6.05. The summed E-state index contributed by atoms with van der Waals surface area (Å²) in [5, 5.41) is 4.78. The van der Waals surface area contributed by atoms with Crippen LogP contribution < -0.4 is 5.32 Å². The van der Waals surface area contributed by atoms with E-state index in [4.69, 9.17) is 27.9 Å². The summed E-state index contributed by atoms with van der Waals surface area (Å²) in [5.41, 5.74) is 1.02. The van der Waals surface area contributed by atoms with Gasteiger partial charge in [0.25, 0.3) is 0 Å². The van der Waals surface area contributed by atoms with Gasteiger partial charge in [0.2, 0.25) is 0 Å². The van der Waals surface area contributed by atoms with E-state index in [-0.39, 0.29) is 11.6 Å². The molecule has 0 amide bonds. The number of benzene rings is 1. The molecule has 1 aromatic carbocycles. The molecular formula is C16H23Cl2NO. The first-order valence-electron chi connectivity index (χ1n) is 7.36. The summed E-state index contributed by atoms with van der Waals surface area (Å²) >= 11 is 12.2. The van der Waals surface area contributed by atoms with Crippen molar-refractivity contribution in [1.82, 2.24) is 5.32 Å². The van der Waals surface area contributed by atoms with E-state index in [1.165, 1.54) is 19.3 Å². The van der Waals surface area contributed by atoms with Crippen molar-refractivity contribution in [2.24, 2.45) is 0 Å². The summed E-state index contributed by atoms with van der Waals surface area (Å²) in [7, 11) is 1.83. The van der Waals surface area contributed by atoms with Crippen molar-refractivity contribution in [2.75, 3.05) is 13.7 Å². The van der Waals surface area contributed by atoms with Crippen molar-refractivity contribution in [1.29, 1.82) is 0 Å². The average Bonchev–Trinajstić information content (AvgIpc) is 2.48. The zero-order chi connectivity index (χ0) is 14.6. The number of ether oxygens (including phenoxy) is 1. The van der Waals surface area contributed by atoms with E-state index in [1.807, 2.05) is 19.2 Å². The number of methoxy groups -OCH3 is 1. The van der Waals surface area contributed by atoms with Crippen molar-refractivity contribution in [3.05, 3.63) is 33.8 Å².